The van der Waals surface area contributed by atoms with Crippen LogP contribution in [0.3, 0.4) is 0 Å². The van der Waals surface area contributed by atoms with E-state index in [4.69, 9.17) is 0 Å². The van der Waals surface area contributed by atoms with Crippen LogP contribution >= 0.6 is 11.3 Å². The van der Waals surface area contributed by atoms with E-state index in [9.17, 15) is 4.79 Å². The van der Waals surface area contributed by atoms with Crippen molar-refractivity contribution in [2.45, 2.75) is 20.3 Å². The van der Waals surface area contributed by atoms with Gasteiger partial charge in [-0.15, -0.1) is 11.3 Å². The fourth-order valence-electron chi connectivity index (χ4n) is 0.679. The molecule has 0 aromatic carbocycles. The van der Waals surface area contributed by atoms with Crippen molar-refractivity contribution in [1.82, 2.24) is 4.98 Å². The van der Waals surface area contributed by atoms with Crippen LogP contribution in [0.15, 0.2) is 6.20 Å². The normalized spacial score (nSPS) is 9.64. The van der Waals surface area contributed by atoms with Crippen molar-refractivity contribution in [1.29, 1.82) is 0 Å². The monoisotopic (exact) mass is 170 g/mol. The number of carbonyl (C=O) groups excluding carboxylic acids is 1. The van der Waals surface area contributed by atoms with Crippen molar-refractivity contribution < 1.29 is 4.79 Å². The number of hydrogen-bond donors (Lipinski definition) is 1. The molecule has 0 fully saturated rings. The highest BCUT2D eigenvalue weighted by molar-refractivity contribution is 7.15. The van der Waals surface area contributed by atoms with E-state index >= 15 is 0 Å². The minimum atomic E-state index is -0.0676. The molecule has 1 aromatic rings. The molecule has 60 valence electrons. The van der Waals surface area contributed by atoms with Gasteiger partial charge in [-0.05, 0) is 6.42 Å². The van der Waals surface area contributed by atoms with Gasteiger partial charge in [-0.1, -0.05) is 6.92 Å². The third-order valence-electron chi connectivity index (χ3n) is 1.18. The average Bonchev–Trinajstić information content (AvgIpc) is 2.34. The van der Waals surface area contributed by atoms with E-state index in [1.165, 1.54) is 23.1 Å². The van der Waals surface area contributed by atoms with E-state index in [2.05, 4.69) is 17.2 Å². The molecule has 0 unspecified atom stereocenters. The summed E-state index contributed by atoms with van der Waals surface area (Å²) in [5.74, 6) is -0.0676. The average molecular weight is 170 g/mol. The molecule has 1 rings (SSSR count). The second-order valence-corrected chi connectivity index (χ2v) is 3.28. The Morgan fingerprint density at radius 2 is 2.55 bits per heavy atom. The van der Waals surface area contributed by atoms with Crippen LogP contribution in [-0.2, 0) is 11.2 Å². The van der Waals surface area contributed by atoms with Gasteiger partial charge in [0.15, 0.2) is 5.13 Å². The Morgan fingerprint density at radius 3 is 3.00 bits per heavy atom. The zero-order chi connectivity index (χ0) is 8.27. The van der Waals surface area contributed by atoms with E-state index in [0.717, 1.165) is 6.42 Å². The molecule has 0 saturated carbocycles. The molecule has 0 bridgehead atoms. The summed E-state index contributed by atoms with van der Waals surface area (Å²) in [6, 6.07) is 0. The van der Waals surface area contributed by atoms with Gasteiger partial charge in [-0.2, -0.15) is 0 Å². The first kappa shape index (κ1) is 8.20. The van der Waals surface area contributed by atoms with E-state index in [0.29, 0.717) is 5.13 Å². The number of aromatic nitrogens is 1. The van der Waals surface area contributed by atoms with E-state index in [1.54, 1.807) is 6.20 Å². The lowest BCUT2D eigenvalue weighted by atomic mass is 10.4. The van der Waals surface area contributed by atoms with Crippen molar-refractivity contribution in [3.8, 4) is 0 Å². The third-order valence-corrected chi connectivity index (χ3v) is 2.24. The Hall–Kier alpha value is -0.900. The van der Waals surface area contributed by atoms with Gasteiger partial charge in [0.2, 0.25) is 5.91 Å². The highest BCUT2D eigenvalue weighted by Gasteiger charge is 2.00. The largest absolute Gasteiger partial charge is 0.302 e. The first-order valence-electron chi connectivity index (χ1n) is 3.44. The van der Waals surface area contributed by atoms with Crippen LogP contribution in [0.4, 0.5) is 5.13 Å². The number of aryl methyl sites for hydroxylation is 1. The van der Waals surface area contributed by atoms with E-state index < -0.39 is 0 Å². The molecule has 1 amide bonds. The van der Waals surface area contributed by atoms with E-state index in [-0.39, 0.29) is 5.91 Å². The summed E-state index contributed by atoms with van der Waals surface area (Å²) in [4.78, 5) is 15.8. The maximum atomic E-state index is 10.6. The number of hydrogen-bond acceptors (Lipinski definition) is 3. The fourth-order valence-corrected chi connectivity index (χ4v) is 1.48. The second kappa shape index (κ2) is 3.48. The predicted octanol–water partition coefficient (Wildman–Crippen LogP) is 1.66. The van der Waals surface area contributed by atoms with Crippen molar-refractivity contribution in [3.63, 3.8) is 0 Å². The first-order valence-corrected chi connectivity index (χ1v) is 4.26. The molecule has 0 aliphatic carbocycles. The summed E-state index contributed by atoms with van der Waals surface area (Å²) in [5.41, 5.74) is 0. The Labute approximate surface area is 69.5 Å². The molecule has 4 heteroatoms. The molecule has 0 saturated heterocycles. The van der Waals surface area contributed by atoms with Crippen LogP contribution in [0.1, 0.15) is 18.7 Å². The summed E-state index contributed by atoms with van der Waals surface area (Å²) < 4.78 is 0. The van der Waals surface area contributed by atoms with Crippen molar-refractivity contribution in [3.05, 3.63) is 11.1 Å². The number of thiazole rings is 1. The summed E-state index contributed by atoms with van der Waals surface area (Å²) in [5, 5.41) is 3.32. The lowest BCUT2D eigenvalue weighted by molar-refractivity contribution is -0.114. The van der Waals surface area contributed by atoms with Crippen LogP contribution in [0.2, 0.25) is 0 Å². The van der Waals surface area contributed by atoms with Crippen LogP contribution < -0.4 is 5.32 Å². The maximum Gasteiger partial charge on any atom is 0.223 e. The SMILES string of the molecule is CCc1cnc(NC(C)=O)s1. The molecule has 0 aliphatic rings. The first-order chi connectivity index (χ1) is 5.22. The van der Waals surface area contributed by atoms with Gasteiger partial charge in [0.05, 0.1) is 0 Å². The van der Waals surface area contributed by atoms with Crippen molar-refractivity contribution >= 4 is 22.4 Å². The van der Waals surface area contributed by atoms with Crippen molar-refractivity contribution in [2.24, 2.45) is 0 Å². The van der Waals surface area contributed by atoms with Gasteiger partial charge in [0.1, 0.15) is 0 Å². The molecule has 3 nitrogen and oxygen atoms in total. The Kier molecular flexibility index (Phi) is 2.59. The molecule has 1 aromatic heterocycles. The van der Waals surface area contributed by atoms with Crippen molar-refractivity contribution in [2.75, 3.05) is 5.32 Å². The summed E-state index contributed by atoms with van der Waals surface area (Å²) in [7, 11) is 0. The molecule has 0 aliphatic heterocycles. The van der Waals surface area contributed by atoms with Gasteiger partial charge in [-0.25, -0.2) is 4.98 Å². The Bertz CT molecular complexity index is 257. The minimum Gasteiger partial charge on any atom is -0.302 e. The lowest BCUT2D eigenvalue weighted by Gasteiger charge is -1.91. The molecule has 0 radical (unpaired) electrons. The predicted molar refractivity (Wildman–Crippen MR) is 45.8 cm³/mol. The van der Waals surface area contributed by atoms with Gasteiger partial charge in [0, 0.05) is 18.0 Å². The Balaban J connectivity index is 2.65. The van der Waals surface area contributed by atoms with E-state index in [1.807, 2.05) is 0 Å². The smallest absolute Gasteiger partial charge is 0.223 e. The van der Waals surface area contributed by atoms with Gasteiger partial charge in [-0.3, -0.25) is 4.79 Å². The number of anilines is 1. The number of rotatable bonds is 2. The van der Waals surface area contributed by atoms with Gasteiger partial charge < -0.3 is 5.32 Å². The summed E-state index contributed by atoms with van der Waals surface area (Å²) in [6.07, 6.45) is 2.76. The fraction of sp³-hybridized carbons (Fsp3) is 0.429. The topological polar surface area (TPSA) is 42.0 Å². The van der Waals surface area contributed by atoms with Gasteiger partial charge >= 0.3 is 0 Å². The molecule has 0 spiro atoms. The highest BCUT2D eigenvalue weighted by Crippen LogP contribution is 2.17. The second-order valence-electron chi connectivity index (χ2n) is 2.17. The highest BCUT2D eigenvalue weighted by atomic mass is 32.1. The van der Waals surface area contributed by atoms with Crippen LogP contribution in [0.25, 0.3) is 0 Å². The number of amides is 1. The molecular formula is C7H10N2OS. The van der Waals surface area contributed by atoms with Crippen LogP contribution in [0, 0.1) is 0 Å². The maximum absolute atomic E-state index is 10.6. The van der Waals surface area contributed by atoms with Gasteiger partial charge in [0.25, 0.3) is 0 Å². The minimum absolute atomic E-state index is 0.0676. The zero-order valence-corrected chi connectivity index (χ0v) is 7.36. The molecule has 1 heterocycles. The summed E-state index contributed by atoms with van der Waals surface area (Å²) in [6.45, 7) is 3.54. The van der Waals surface area contributed by atoms with Crippen LogP contribution in [0.5, 0.6) is 0 Å². The molecule has 0 atom stereocenters. The Morgan fingerprint density at radius 1 is 1.82 bits per heavy atom. The molecule has 1 N–H and O–H groups in total. The third kappa shape index (κ3) is 2.31. The quantitative estimate of drug-likeness (QED) is 0.733. The standard InChI is InChI=1S/C7H10N2OS/c1-3-6-4-8-7(11-6)9-5(2)10/h4H,3H2,1-2H3,(H,8,9,10). The number of nitrogens with zero attached hydrogens (tertiary/aromatic N) is 1. The number of nitrogens with one attached hydrogen (secondary N) is 1. The lowest BCUT2D eigenvalue weighted by Crippen LogP contribution is -2.04. The molecule has 11 heavy (non-hydrogen) atoms. The summed E-state index contributed by atoms with van der Waals surface area (Å²) >= 11 is 1.52. The number of carbonyl (C=O) groups is 1. The van der Waals surface area contributed by atoms with Crippen LogP contribution in [-0.4, -0.2) is 10.9 Å². The molecular weight excluding hydrogens is 160 g/mol. The zero-order valence-electron chi connectivity index (χ0n) is 6.55.